The first-order chi connectivity index (χ1) is 9.96. The lowest BCUT2D eigenvalue weighted by atomic mass is 9.83. The van der Waals surface area contributed by atoms with Crippen molar-refractivity contribution in [2.24, 2.45) is 0 Å². The number of hydrogen-bond acceptors (Lipinski definition) is 3. The van der Waals surface area contributed by atoms with Crippen LogP contribution in [0.25, 0.3) is 0 Å². The molecule has 110 valence electrons. The van der Waals surface area contributed by atoms with Gasteiger partial charge in [-0.25, -0.2) is 0 Å². The summed E-state index contributed by atoms with van der Waals surface area (Å²) >= 11 is 0. The number of aliphatic hydroxyl groups is 1. The molecule has 0 saturated carbocycles. The number of rotatable bonds is 1. The highest BCUT2D eigenvalue weighted by Gasteiger charge is 2.49. The molecular weight excluding hydrogens is 264 g/mol. The Bertz CT molecular complexity index is 630. The summed E-state index contributed by atoms with van der Waals surface area (Å²) in [6.07, 6.45) is 1.85. The fourth-order valence-electron chi connectivity index (χ4n) is 3.63. The Hall–Kier alpha value is -1.86. The van der Waals surface area contributed by atoms with E-state index in [9.17, 15) is 9.90 Å². The largest absolute Gasteiger partial charge is 0.390 e. The number of likely N-dealkylation sites (tertiary alicyclic amines) is 1. The molecule has 1 fully saturated rings. The lowest BCUT2D eigenvalue weighted by Crippen LogP contribution is -2.44. The molecule has 1 aromatic carbocycles. The third kappa shape index (κ3) is 2.04. The van der Waals surface area contributed by atoms with Gasteiger partial charge in [-0.3, -0.25) is 4.79 Å². The van der Waals surface area contributed by atoms with Gasteiger partial charge >= 0.3 is 0 Å². The molecule has 1 heterocycles. The van der Waals surface area contributed by atoms with Crippen molar-refractivity contribution in [3.8, 4) is 6.07 Å². The third-order valence-electron chi connectivity index (χ3n) is 4.93. The number of aliphatic hydroxyl groups excluding tert-OH is 1. The molecule has 2 aliphatic rings. The van der Waals surface area contributed by atoms with Gasteiger partial charge in [0.2, 0.25) is 5.91 Å². The normalized spacial score (nSPS) is 27.3. The van der Waals surface area contributed by atoms with Crippen LogP contribution < -0.4 is 0 Å². The monoisotopic (exact) mass is 284 g/mol. The topological polar surface area (TPSA) is 64.3 Å². The van der Waals surface area contributed by atoms with Crippen molar-refractivity contribution in [1.29, 1.82) is 5.26 Å². The van der Waals surface area contributed by atoms with Crippen molar-refractivity contribution in [3.05, 3.63) is 34.9 Å². The first-order valence-corrected chi connectivity index (χ1v) is 7.49. The summed E-state index contributed by atoms with van der Waals surface area (Å²) in [4.78, 5) is 14.1. The molecule has 1 aliphatic carbocycles. The van der Waals surface area contributed by atoms with Crippen LogP contribution in [0.1, 0.15) is 55.8 Å². The molecule has 0 unspecified atom stereocenters. The molecule has 0 aromatic heterocycles. The molecule has 0 spiro atoms. The lowest BCUT2D eigenvalue weighted by molar-refractivity contribution is -0.139. The molecule has 21 heavy (non-hydrogen) atoms. The summed E-state index contributed by atoms with van der Waals surface area (Å²) in [6.45, 7) is 4.66. The molecule has 4 heteroatoms. The van der Waals surface area contributed by atoms with Crippen LogP contribution in [0, 0.1) is 11.3 Å². The number of nitrogens with zero attached hydrogens (tertiary/aromatic N) is 2. The van der Waals surface area contributed by atoms with Crippen LogP contribution in [0.5, 0.6) is 0 Å². The van der Waals surface area contributed by atoms with Gasteiger partial charge < -0.3 is 10.0 Å². The Morgan fingerprint density at radius 2 is 2.14 bits per heavy atom. The molecule has 3 rings (SSSR count). The fraction of sp³-hybridized carbons (Fsp3) is 0.529. The van der Waals surface area contributed by atoms with Crippen molar-refractivity contribution in [2.45, 2.75) is 50.7 Å². The molecule has 1 saturated heterocycles. The minimum Gasteiger partial charge on any atom is -0.390 e. The Morgan fingerprint density at radius 3 is 2.81 bits per heavy atom. The predicted molar refractivity (Wildman–Crippen MR) is 78.5 cm³/mol. The van der Waals surface area contributed by atoms with Crippen molar-refractivity contribution in [2.75, 3.05) is 6.54 Å². The summed E-state index contributed by atoms with van der Waals surface area (Å²) in [5.41, 5.74) is 2.11. The lowest BCUT2D eigenvalue weighted by Gasteiger charge is -2.37. The van der Waals surface area contributed by atoms with Crippen molar-refractivity contribution in [1.82, 2.24) is 4.90 Å². The van der Waals surface area contributed by atoms with Crippen LogP contribution in [-0.4, -0.2) is 28.6 Å². The van der Waals surface area contributed by atoms with Gasteiger partial charge in [0.15, 0.2) is 0 Å². The Morgan fingerprint density at radius 1 is 1.38 bits per heavy atom. The van der Waals surface area contributed by atoms with Gasteiger partial charge in [0, 0.05) is 18.4 Å². The Labute approximate surface area is 125 Å². The number of carbonyl (C=O) groups is 1. The molecule has 0 radical (unpaired) electrons. The fourth-order valence-corrected chi connectivity index (χ4v) is 3.63. The summed E-state index contributed by atoms with van der Waals surface area (Å²) in [5.74, 6) is 0.123. The van der Waals surface area contributed by atoms with Crippen LogP contribution in [-0.2, 0) is 10.2 Å². The van der Waals surface area contributed by atoms with Crippen LogP contribution in [0.2, 0.25) is 0 Å². The van der Waals surface area contributed by atoms with E-state index in [0.717, 1.165) is 24.0 Å². The Kier molecular flexibility index (Phi) is 3.26. The number of fused-ring (bicyclic) bond motifs is 1. The van der Waals surface area contributed by atoms with Crippen molar-refractivity contribution < 1.29 is 9.90 Å². The second kappa shape index (κ2) is 4.85. The molecule has 2 atom stereocenters. The molecule has 4 nitrogen and oxygen atoms in total. The van der Waals surface area contributed by atoms with E-state index in [4.69, 9.17) is 5.26 Å². The zero-order chi connectivity index (χ0) is 15.2. The standard InChI is InChI=1S/C17H20N2O2/c1-17(2)13-9-11(10-18)6-7-12(13)15(16(17)21)19-8-4-3-5-14(19)20/h6-7,9,15-16,21H,3-5,8H2,1-2H3/t15-,16+/m1/s1. The number of nitriles is 1. The van der Waals surface area contributed by atoms with Crippen LogP contribution in [0.15, 0.2) is 18.2 Å². The van der Waals surface area contributed by atoms with Gasteiger partial charge in [-0.1, -0.05) is 19.9 Å². The highest BCUT2D eigenvalue weighted by molar-refractivity contribution is 5.78. The molecule has 1 N–H and O–H groups in total. The van der Waals surface area contributed by atoms with E-state index in [-0.39, 0.29) is 11.9 Å². The average molecular weight is 284 g/mol. The quantitative estimate of drug-likeness (QED) is 0.860. The van der Waals surface area contributed by atoms with E-state index in [0.29, 0.717) is 18.5 Å². The van der Waals surface area contributed by atoms with Crippen molar-refractivity contribution >= 4 is 5.91 Å². The number of amides is 1. The highest BCUT2D eigenvalue weighted by atomic mass is 16.3. The summed E-state index contributed by atoms with van der Waals surface area (Å²) in [5, 5.41) is 19.9. The van der Waals surface area contributed by atoms with Crippen LogP contribution in [0.4, 0.5) is 0 Å². The maximum absolute atomic E-state index is 12.2. The number of piperidine rings is 1. The van der Waals surface area contributed by atoms with E-state index in [1.165, 1.54) is 0 Å². The molecule has 1 aromatic rings. The zero-order valence-corrected chi connectivity index (χ0v) is 12.5. The Balaban J connectivity index is 2.08. The zero-order valence-electron chi connectivity index (χ0n) is 12.5. The molecular formula is C17H20N2O2. The predicted octanol–water partition coefficient (Wildman–Crippen LogP) is 2.26. The second-order valence-electron chi connectivity index (χ2n) is 6.57. The first-order valence-electron chi connectivity index (χ1n) is 7.49. The average Bonchev–Trinajstić information content (AvgIpc) is 2.67. The van der Waals surface area contributed by atoms with Gasteiger partial charge in [0.25, 0.3) is 0 Å². The number of carbonyl (C=O) groups excluding carboxylic acids is 1. The van der Waals surface area contributed by atoms with Gasteiger partial charge in [-0.2, -0.15) is 5.26 Å². The SMILES string of the molecule is CC1(C)c2cc(C#N)ccc2[C@@H](N2CCCCC2=O)[C@@H]1O. The summed E-state index contributed by atoms with van der Waals surface area (Å²) in [6, 6.07) is 7.40. The summed E-state index contributed by atoms with van der Waals surface area (Å²) in [7, 11) is 0. The van der Waals surface area contributed by atoms with E-state index in [1.807, 2.05) is 30.9 Å². The minimum atomic E-state index is -0.636. The van der Waals surface area contributed by atoms with E-state index < -0.39 is 11.5 Å². The molecule has 1 amide bonds. The number of benzene rings is 1. The van der Waals surface area contributed by atoms with E-state index in [2.05, 4.69) is 6.07 Å². The highest BCUT2D eigenvalue weighted by Crippen LogP contribution is 2.48. The van der Waals surface area contributed by atoms with Gasteiger partial charge in [0.05, 0.1) is 23.8 Å². The molecule has 1 aliphatic heterocycles. The molecule has 0 bridgehead atoms. The minimum absolute atomic E-state index is 0.123. The van der Waals surface area contributed by atoms with E-state index >= 15 is 0 Å². The number of hydrogen-bond donors (Lipinski definition) is 1. The maximum Gasteiger partial charge on any atom is 0.223 e. The third-order valence-corrected chi connectivity index (χ3v) is 4.93. The van der Waals surface area contributed by atoms with Crippen LogP contribution >= 0.6 is 0 Å². The summed E-state index contributed by atoms with van der Waals surface area (Å²) < 4.78 is 0. The van der Waals surface area contributed by atoms with E-state index in [1.54, 1.807) is 6.07 Å². The smallest absolute Gasteiger partial charge is 0.223 e. The second-order valence-corrected chi connectivity index (χ2v) is 6.57. The van der Waals surface area contributed by atoms with Crippen LogP contribution in [0.3, 0.4) is 0 Å². The van der Waals surface area contributed by atoms with Crippen molar-refractivity contribution in [3.63, 3.8) is 0 Å². The maximum atomic E-state index is 12.2. The first kappa shape index (κ1) is 14.1. The van der Waals surface area contributed by atoms with Gasteiger partial charge in [-0.05, 0) is 36.1 Å². The van der Waals surface area contributed by atoms with Gasteiger partial charge in [0.1, 0.15) is 0 Å². The van der Waals surface area contributed by atoms with Gasteiger partial charge in [-0.15, -0.1) is 0 Å².